The lowest BCUT2D eigenvalue weighted by Gasteiger charge is -2.10. The van der Waals surface area contributed by atoms with Crippen LogP contribution in [-0.4, -0.2) is 18.4 Å². The number of hydrogen-bond acceptors (Lipinski definition) is 4. The summed E-state index contributed by atoms with van der Waals surface area (Å²) in [5, 5.41) is 5.97. The highest BCUT2D eigenvalue weighted by molar-refractivity contribution is 9.10. The normalized spacial score (nSPS) is 10.3. The molecule has 27 heavy (non-hydrogen) atoms. The van der Waals surface area contributed by atoms with E-state index in [0.29, 0.717) is 26.6 Å². The van der Waals surface area contributed by atoms with Crippen LogP contribution >= 0.6 is 27.5 Å². The maximum atomic E-state index is 12.1. The van der Waals surface area contributed by atoms with Crippen LogP contribution in [0.1, 0.15) is 10.6 Å². The smallest absolute Gasteiger partial charge is 0.291 e. The van der Waals surface area contributed by atoms with Crippen molar-refractivity contribution in [3.63, 3.8) is 0 Å². The topological polar surface area (TPSA) is 80.6 Å². The summed E-state index contributed by atoms with van der Waals surface area (Å²) >= 11 is 9.19. The van der Waals surface area contributed by atoms with E-state index >= 15 is 0 Å². The molecule has 0 saturated carbocycles. The average molecular weight is 450 g/mol. The second kappa shape index (κ2) is 8.75. The zero-order chi connectivity index (χ0) is 19.2. The van der Waals surface area contributed by atoms with Gasteiger partial charge in [-0.25, -0.2) is 0 Å². The largest absolute Gasteiger partial charge is 0.483 e. The van der Waals surface area contributed by atoms with Gasteiger partial charge in [0, 0.05) is 16.4 Å². The molecule has 2 amide bonds. The highest BCUT2D eigenvalue weighted by Gasteiger charge is 2.10. The minimum absolute atomic E-state index is 0.177. The molecule has 8 heteroatoms. The maximum absolute atomic E-state index is 12.1. The monoisotopic (exact) mass is 448 g/mol. The van der Waals surface area contributed by atoms with Crippen molar-refractivity contribution in [2.45, 2.75) is 0 Å². The molecule has 3 rings (SSSR count). The minimum Gasteiger partial charge on any atom is -0.483 e. The van der Waals surface area contributed by atoms with Gasteiger partial charge in [0.15, 0.2) is 12.4 Å². The molecule has 1 heterocycles. The third-order valence-corrected chi connectivity index (χ3v) is 4.26. The summed E-state index contributed by atoms with van der Waals surface area (Å²) in [5.41, 5.74) is 1.05. The Labute approximate surface area is 168 Å². The number of ether oxygens (including phenoxy) is 1. The molecule has 0 radical (unpaired) electrons. The first-order valence-corrected chi connectivity index (χ1v) is 9.01. The SMILES string of the molecule is O=C(COc1ccc(Cl)cc1Br)Nc1cccc(NC(=O)c2ccco2)c1. The second-order valence-electron chi connectivity index (χ2n) is 5.42. The molecule has 0 fully saturated rings. The van der Waals surface area contributed by atoms with E-state index in [2.05, 4.69) is 26.6 Å². The third-order valence-electron chi connectivity index (χ3n) is 3.40. The first-order chi connectivity index (χ1) is 13.0. The number of rotatable bonds is 6. The number of amides is 2. The van der Waals surface area contributed by atoms with Crippen molar-refractivity contribution in [3.05, 3.63) is 76.1 Å². The molecule has 2 aromatic carbocycles. The fourth-order valence-electron chi connectivity index (χ4n) is 2.21. The Morgan fingerprint density at radius 2 is 1.81 bits per heavy atom. The van der Waals surface area contributed by atoms with Gasteiger partial charge in [-0.2, -0.15) is 0 Å². The van der Waals surface area contributed by atoms with E-state index in [4.69, 9.17) is 20.8 Å². The van der Waals surface area contributed by atoms with E-state index in [9.17, 15) is 9.59 Å². The molecule has 0 atom stereocenters. The zero-order valence-electron chi connectivity index (χ0n) is 13.9. The van der Waals surface area contributed by atoms with E-state index in [0.717, 1.165) is 0 Å². The van der Waals surface area contributed by atoms with Gasteiger partial charge < -0.3 is 19.8 Å². The Balaban J connectivity index is 1.57. The Kier molecular flexibility index (Phi) is 6.16. The predicted octanol–water partition coefficient (Wildman–Crippen LogP) is 4.97. The van der Waals surface area contributed by atoms with Crippen LogP contribution in [0.3, 0.4) is 0 Å². The molecule has 0 aliphatic rings. The fraction of sp³-hybridized carbons (Fsp3) is 0.0526. The van der Waals surface area contributed by atoms with E-state index < -0.39 is 0 Å². The molecule has 1 aromatic heterocycles. The Morgan fingerprint density at radius 3 is 2.52 bits per heavy atom. The summed E-state index contributed by atoms with van der Waals surface area (Å²) in [6.45, 7) is -0.177. The van der Waals surface area contributed by atoms with Crippen LogP contribution in [0.4, 0.5) is 11.4 Å². The van der Waals surface area contributed by atoms with Crippen molar-refractivity contribution in [3.8, 4) is 5.75 Å². The van der Waals surface area contributed by atoms with E-state index in [1.54, 1.807) is 54.6 Å². The molecular weight excluding hydrogens is 436 g/mol. The molecule has 3 aromatic rings. The summed E-state index contributed by atoms with van der Waals surface area (Å²) < 4.78 is 11.2. The van der Waals surface area contributed by atoms with Gasteiger partial charge in [-0.3, -0.25) is 9.59 Å². The number of carbonyl (C=O) groups is 2. The number of nitrogens with one attached hydrogen (secondary N) is 2. The van der Waals surface area contributed by atoms with Crippen molar-refractivity contribution < 1.29 is 18.7 Å². The minimum atomic E-state index is -0.376. The van der Waals surface area contributed by atoms with Crippen LogP contribution in [0.25, 0.3) is 0 Å². The highest BCUT2D eigenvalue weighted by atomic mass is 79.9. The first-order valence-electron chi connectivity index (χ1n) is 7.84. The molecule has 0 spiro atoms. The lowest BCUT2D eigenvalue weighted by atomic mass is 10.2. The van der Waals surface area contributed by atoms with Crippen LogP contribution in [0.15, 0.2) is 69.8 Å². The van der Waals surface area contributed by atoms with Gasteiger partial charge in [0.05, 0.1) is 10.7 Å². The summed E-state index contributed by atoms with van der Waals surface area (Å²) in [5.74, 6) is -0.00819. The zero-order valence-corrected chi connectivity index (χ0v) is 16.2. The van der Waals surface area contributed by atoms with Gasteiger partial charge in [0.2, 0.25) is 0 Å². The fourth-order valence-corrected chi connectivity index (χ4v) is 3.00. The van der Waals surface area contributed by atoms with E-state index in [-0.39, 0.29) is 24.2 Å². The summed E-state index contributed by atoms with van der Waals surface area (Å²) in [4.78, 5) is 24.1. The van der Waals surface area contributed by atoms with Gasteiger partial charge >= 0.3 is 0 Å². The number of benzene rings is 2. The van der Waals surface area contributed by atoms with Gasteiger partial charge in [0.25, 0.3) is 11.8 Å². The Bertz CT molecular complexity index is 960. The van der Waals surface area contributed by atoms with Gasteiger partial charge in [-0.05, 0) is 64.5 Å². The van der Waals surface area contributed by atoms with E-state index in [1.807, 2.05) is 0 Å². The van der Waals surface area contributed by atoms with Crippen molar-refractivity contribution in [1.82, 2.24) is 0 Å². The molecular formula is C19H14BrClN2O4. The predicted molar refractivity (Wildman–Crippen MR) is 106 cm³/mol. The molecule has 0 aliphatic carbocycles. The molecule has 0 bridgehead atoms. The third kappa shape index (κ3) is 5.35. The van der Waals surface area contributed by atoms with Gasteiger partial charge in [-0.15, -0.1) is 0 Å². The van der Waals surface area contributed by atoms with Crippen LogP contribution < -0.4 is 15.4 Å². The lowest BCUT2D eigenvalue weighted by molar-refractivity contribution is -0.118. The van der Waals surface area contributed by atoms with Gasteiger partial charge in [0.1, 0.15) is 5.75 Å². The van der Waals surface area contributed by atoms with Crippen molar-refractivity contribution in [2.24, 2.45) is 0 Å². The van der Waals surface area contributed by atoms with E-state index in [1.165, 1.54) is 6.26 Å². The molecule has 0 unspecified atom stereocenters. The molecule has 6 nitrogen and oxygen atoms in total. The number of carbonyl (C=O) groups excluding carboxylic acids is 2. The van der Waals surface area contributed by atoms with Crippen molar-refractivity contribution in [1.29, 1.82) is 0 Å². The molecule has 0 saturated heterocycles. The molecule has 138 valence electrons. The number of halogens is 2. The van der Waals surface area contributed by atoms with Crippen molar-refractivity contribution in [2.75, 3.05) is 17.2 Å². The lowest BCUT2D eigenvalue weighted by Crippen LogP contribution is -2.20. The van der Waals surface area contributed by atoms with Gasteiger partial charge in [-0.1, -0.05) is 17.7 Å². The maximum Gasteiger partial charge on any atom is 0.291 e. The first kappa shape index (κ1) is 19.0. The van der Waals surface area contributed by atoms with Crippen LogP contribution in [0.2, 0.25) is 5.02 Å². The second-order valence-corrected chi connectivity index (χ2v) is 6.71. The summed E-state index contributed by atoms with van der Waals surface area (Å²) in [6.07, 6.45) is 1.42. The summed E-state index contributed by atoms with van der Waals surface area (Å²) in [6, 6.07) is 15.0. The van der Waals surface area contributed by atoms with Crippen LogP contribution in [0.5, 0.6) is 5.75 Å². The van der Waals surface area contributed by atoms with Crippen LogP contribution in [-0.2, 0) is 4.79 Å². The summed E-state index contributed by atoms with van der Waals surface area (Å²) in [7, 11) is 0. The molecule has 0 aliphatic heterocycles. The quantitative estimate of drug-likeness (QED) is 0.557. The highest BCUT2D eigenvalue weighted by Crippen LogP contribution is 2.28. The van der Waals surface area contributed by atoms with Crippen molar-refractivity contribution >= 4 is 50.7 Å². The average Bonchev–Trinajstić information content (AvgIpc) is 3.16. The van der Waals surface area contributed by atoms with Crippen LogP contribution in [0, 0.1) is 0 Å². The standard InChI is InChI=1S/C19H14BrClN2O4/c20-15-9-12(21)6-7-16(15)27-11-18(24)22-13-3-1-4-14(10-13)23-19(25)17-5-2-8-26-17/h1-10H,11H2,(H,22,24)(H,23,25). The Morgan fingerprint density at radius 1 is 1.04 bits per heavy atom. The number of furan rings is 1. The molecule has 2 N–H and O–H groups in total. The Hall–Kier alpha value is -2.77. The number of anilines is 2. The number of hydrogen-bond donors (Lipinski definition) is 2.